The molecule has 1 amide bonds. The minimum absolute atomic E-state index is 0.0152. The predicted molar refractivity (Wildman–Crippen MR) is 114 cm³/mol. The summed E-state index contributed by atoms with van der Waals surface area (Å²) in [5.41, 5.74) is 3.89. The number of likely N-dealkylation sites (tertiary alicyclic amines) is 1. The maximum atomic E-state index is 13.2. The Balaban J connectivity index is 1.81. The van der Waals surface area contributed by atoms with Crippen molar-refractivity contribution in [2.75, 3.05) is 13.1 Å². The van der Waals surface area contributed by atoms with Crippen molar-refractivity contribution in [1.82, 2.24) is 4.90 Å². The number of Topliss-reactive ketones (excluding diaryl/α,β-unsaturated/α-hetero) is 2. The highest BCUT2D eigenvalue weighted by Gasteiger charge is 2.47. The fourth-order valence-corrected chi connectivity index (χ4v) is 4.96. The van der Waals surface area contributed by atoms with Gasteiger partial charge in [-0.25, -0.2) is 0 Å². The summed E-state index contributed by atoms with van der Waals surface area (Å²) in [6.45, 7) is 12.3. The van der Waals surface area contributed by atoms with Gasteiger partial charge in [-0.15, -0.1) is 5.92 Å². The maximum absolute atomic E-state index is 13.2. The van der Waals surface area contributed by atoms with E-state index in [2.05, 4.69) is 18.4 Å². The normalized spacial score (nSPS) is 19.1. The molecule has 0 aromatic heterocycles. The Kier molecular flexibility index (Phi) is 5.80. The summed E-state index contributed by atoms with van der Waals surface area (Å²) < 4.78 is 0. The summed E-state index contributed by atoms with van der Waals surface area (Å²) in [4.78, 5) is 40.3. The summed E-state index contributed by atoms with van der Waals surface area (Å²) in [7, 11) is 0. The third kappa shape index (κ3) is 4.05. The van der Waals surface area contributed by atoms with Crippen LogP contribution < -0.4 is 0 Å². The van der Waals surface area contributed by atoms with Crippen molar-refractivity contribution in [2.24, 2.45) is 5.41 Å². The van der Waals surface area contributed by atoms with Gasteiger partial charge < -0.3 is 4.90 Å². The number of piperidine rings is 1. The quantitative estimate of drug-likeness (QED) is 0.437. The number of ketones is 2. The van der Waals surface area contributed by atoms with E-state index in [1.165, 1.54) is 0 Å². The number of rotatable bonds is 2. The lowest BCUT2D eigenvalue weighted by atomic mass is 9.62. The number of aryl methyl sites for hydroxylation is 2. The highest BCUT2D eigenvalue weighted by molar-refractivity contribution is 6.10. The second kappa shape index (κ2) is 7.99. The molecule has 1 aromatic carbocycles. The van der Waals surface area contributed by atoms with Crippen LogP contribution in [0.15, 0.2) is 24.3 Å². The van der Waals surface area contributed by atoms with E-state index in [0.717, 1.165) is 22.3 Å². The Hall–Kier alpha value is -2.67. The fraction of sp³-hybridized carbons (Fsp3) is 0.480. The van der Waals surface area contributed by atoms with E-state index in [4.69, 9.17) is 0 Å². The van der Waals surface area contributed by atoms with Crippen molar-refractivity contribution in [3.63, 3.8) is 0 Å². The van der Waals surface area contributed by atoms with Gasteiger partial charge in [-0.2, -0.15) is 0 Å². The van der Waals surface area contributed by atoms with Crippen LogP contribution in [0.2, 0.25) is 0 Å². The highest BCUT2D eigenvalue weighted by atomic mass is 16.2. The molecule has 0 N–H and O–H groups in total. The van der Waals surface area contributed by atoms with Gasteiger partial charge in [0.1, 0.15) is 17.5 Å². The second-order valence-electron chi connectivity index (χ2n) is 8.69. The number of nitrogens with zero attached hydrogens (tertiary/aromatic N) is 1. The van der Waals surface area contributed by atoms with Crippen LogP contribution in [-0.4, -0.2) is 35.5 Å². The van der Waals surface area contributed by atoms with Gasteiger partial charge in [0.2, 0.25) is 5.91 Å². The Labute approximate surface area is 173 Å². The summed E-state index contributed by atoms with van der Waals surface area (Å²) in [6.07, 6.45) is 2.21. The summed E-state index contributed by atoms with van der Waals surface area (Å²) >= 11 is 0. The number of amides is 1. The molecule has 2 aliphatic rings. The molecule has 1 saturated carbocycles. The summed E-state index contributed by atoms with van der Waals surface area (Å²) in [5.74, 6) is 5.27. The van der Waals surface area contributed by atoms with Crippen LogP contribution in [0.25, 0.3) is 0 Å². The average Bonchev–Trinajstić information content (AvgIpc) is 2.63. The van der Waals surface area contributed by atoms with Crippen LogP contribution >= 0.6 is 0 Å². The molecule has 1 aliphatic carbocycles. The van der Waals surface area contributed by atoms with Gasteiger partial charge in [0.05, 0.1) is 0 Å². The van der Waals surface area contributed by atoms with Gasteiger partial charge in [-0.1, -0.05) is 12.5 Å². The first-order valence-electron chi connectivity index (χ1n) is 10.2. The van der Waals surface area contributed by atoms with Crippen LogP contribution in [0, 0.1) is 31.1 Å². The van der Waals surface area contributed by atoms with Crippen LogP contribution in [0.4, 0.5) is 0 Å². The zero-order chi connectivity index (χ0) is 21.3. The van der Waals surface area contributed by atoms with Crippen molar-refractivity contribution in [3.8, 4) is 11.8 Å². The van der Waals surface area contributed by atoms with Gasteiger partial charge in [-0.3, -0.25) is 14.4 Å². The third-order valence-corrected chi connectivity index (χ3v) is 6.37. The lowest BCUT2D eigenvalue weighted by Gasteiger charge is -2.44. The van der Waals surface area contributed by atoms with E-state index in [0.29, 0.717) is 44.3 Å². The third-order valence-electron chi connectivity index (χ3n) is 6.37. The van der Waals surface area contributed by atoms with Gasteiger partial charge >= 0.3 is 0 Å². The molecular formula is C25H29NO3. The van der Waals surface area contributed by atoms with Crippen molar-refractivity contribution in [1.29, 1.82) is 0 Å². The standard InChI is InChI=1S/C25H29NO3/c1-6-7-19-12-17(4)22(18(5)13-19)23-20(27)14-25(15-21(23)28)8-10-26(11-9-25)24(29)16(2)3/h12-13,23H,2,8-11,14-15H2,1,3-5H3. The van der Waals surface area contributed by atoms with E-state index in [9.17, 15) is 14.4 Å². The molecule has 29 heavy (non-hydrogen) atoms. The number of hydrogen-bond acceptors (Lipinski definition) is 3. The molecule has 1 spiro atoms. The minimum atomic E-state index is -0.667. The highest BCUT2D eigenvalue weighted by Crippen LogP contribution is 2.46. The SMILES string of the molecule is C=C(C)C(=O)N1CCC2(CC1)CC(=O)C(c1c(C)cc(C#CC)cc1C)C(=O)C2. The predicted octanol–water partition coefficient (Wildman–Crippen LogP) is 3.88. The molecule has 152 valence electrons. The molecular weight excluding hydrogens is 362 g/mol. The first kappa shape index (κ1) is 21.0. The maximum Gasteiger partial charge on any atom is 0.248 e. The lowest BCUT2D eigenvalue weighted by molar-refractivity contribution is -0.139. The molecule has 0 bridgehead atoms. The van der Waals surface area contributed by atoms with Crippen molar-refractivity contribution >= 4 is 17.5 Å². The van der Waals surface area contributed by atoms with Crippen molar-refractivity contribution in [3.05, 3.63) is 46.5 Å². The molecule has 0 radical (unpaired) electrons. The van der Waals surface area contributed by atoms with Crippen molar-refractivity contribution < 1.29 is 14.4 Å². The van der Waals surface area contributed by atoms with Crippen molar-refractivity contribution in [2.45, 2.75) is 59.3 Å². The first-order chi connectivity index (χ1) is 13.7. The Bertz CT molecular complexity index is 909. The molecule has 1 aromatic rings. The molecule has 0 atom stereocenters. The average molecular weight is 392 g/mol. The van der Waals surface area contributed by atoms with E-state index in [-0.39, 0.29) is 22.9 Å². The van der Waals surface area contributed by atoms with E-state index < -0.39 is 5.92 Å². The van der Waals surface area contributed by atoms with Crippen LogP contribution in [0.3, 0.4) is 0 Å². The fourth-order valence-electron chi connectivity index (χ4n) is 4.96. The van der Waals surface area contributed by atoms with Gasteiger partial charge in [0.15, 0.2) is 0 Å². The van der Waals surface area contributed by atoms with E-state index >= 15 is 0 Å². The van der Waals surface area contributed by atoms with E-state index in [1.807, 2.05) is 26.0 Å². The summed E-state index contributed by atoms with van der Waals surface area (Å²) in [5, 5.41) is 0. The number of benzene rings is 1. The van der Waals surface area contributed by atoms with Gasteiger partial charge in [0.25, 0.3) is 0 Å². The van der Waals surface area contributed by atoms with Crippen LogP contribution in [-0.2, 0) is 14.4 Å². The first-order valence-corrected chi connectivity index (χ1v) is 10.2. The molecule has 1 aliphatic heterocycles. The van der Waals surface area contributed by atoms with E-state index in [1.54, 1.807) is 18.7 Å². The molecule has 4 heteroatoms. The molecule has 2 fully saturated rings. The zero-order valence-electron chi connectivity index (χ0n) is 17.9. The molecule has 0 unspecified atom stereocenters. The molecule has 1 saturated heterocycles. The Morgan fingerprint density at radius 1 is 1.10 bits per heavy atom. The molecule has 4 nitrogen and oxygen atoms in total. The number of carbonyl (C=O) groups is 3. The molecule has 1 heterocycles. The van der Waals surface area contributed by atoms with Gasteiger partial charge in [0, 0.05) is 37.1 Å². The minimum Gasteiger partial charge on any atom is -0.339 e. The lowest BCUT2D eigenvalue weighted by Crippen LogP contribution is -2.48. The smallest absolute Gasteiger partial charge is 0.248 e. The Morgan fingerprint density at radius 2 is 1.62 bits per heavy atom. The molecule has 3 rings (SSSR count). The van der Waals surface area contributed by atoms with Gasteiger partial charge in [-0.05, 0) is 74.8 Å². The number of carbonyl (C=O) groups excluding carboxylic acids is 3. The Morgan fingerprint density at radius 3 is 2.07 bits per heavy atom. The monoisotopic (exact) mass is 391 g/mol. The topological polar surface area (TPSA) is 54.5 Å². The number of hydrogen-bond donors (Lipinski definition) is 0. The zero-order valence-corrected chi connectivity index (χ0v) is 17.9. The largest absolute Gasteiger partial charge is 0.339 e. The van der Waals surface area contributed by atoms with Crippen LogP contribution in [0.1, 0.15) is 67.7 Å². The second-order valence-corrected chi connectivity index (χ2v) is 8.69. The van der Waals surface area contributed by atoms with Crippen LogP contribution in [0.5, 0.6) is 0 Å². The summed E-state index contributed by atoms with van der Waals surface area (Å²) in [6, 6.07) is 3.93.